The third-order valence-electron chi connectivity index (χ3n) is 3.12. The van der Waals surface area contributed by atoms with Crippen molar-refractivity contribution in [3.8, 4) is 0 Å². The maximum atomic E-state index is 11.9. The van der Waals surface area contributed by atoms with Gasteiger partial charge in [-0.2, -0.15) is 0 Å². The van der Waals surface area contributed by atoms with Crippen molar-refractivity contribution in [2.24, 2.45) is 0 Å². The minimum Gasteiger partial charge on any atom is -0.383 e. The third kappa shape index (κ3) is 3.50. The molecule has 0 aliphatic carbocycles. The van der Waals surface area contributed by atoms with Gasteiger partial charge in [-0.25, -0.2) is 4.79 Å². The second kappa shape index (κ2) is 6.27. The van der Waals surface area contributed by atoms with Crippen molar-refractivity contribution in [2.75, 3.05) is 11.9 Å². The molecule has 0 radical (unpaired) electrons. The molecule has 2 rings (SSSR count). The van der Waals surface area contributed by atoms with Gasteiger partial charge in [0.2, 0.25) is 0 Å². The average Bonchev–Trinajstić information content (AvgIpc) is 2.75. The molecule has 0 atom stereocenters. The van der Waals surface area contributed by atoms with Crippen LogP contribution < -0.4 is 11.0 Å². The Labute approximate surface area is 113 Å². The number of aromatic nitrogens is 2. The van der Waals surface area contributed by atoms with Crippen molar-refractivity contribution in [1.82, 2.24) is 9.13 Å². The van der Waals surface area contributed by atoms with E-state index in [-0.39, 0.29) is 5.69 Å². The highest BCUT2D eigenvalue weighted by atomic mass is 16.1. The van der Waals surface area contributed by atoms with Gasteiger partial charge in [-0.3, -0.25) is 9.13 Å². The molecule has 2 aromatic rings. The highest BCUT2D eigenvalue weighted by Gasteiger charge is 2.01. The van der Waals surface area contributed by atoms with Crippen LogP contribution in [0.1, 0.15) is 18.9 Å². The van der Waals surface area contributed by atoms with Gasteiger partial charge in [0.05, 0.1) is 0 Å². The lowest BCUT2D eigenvalue weighted by atomic mass is 10.2. The van der Waals surface area contributed by atoms with Crippen molar-refractivity contribution in [1.29, 1.82) is 0 Å². The summed E-state index contributed by atoms with van der Waals surface area (Å²) < 4.78 is 3.50. The molecule has 0 unspecified atom stereocenters. The molecule has 0 fully saturated rings. The van der Waals surface area contributed by atoms with Crippen molar-refractivity contribution in [3.05, 3.63) is 52.7 Å². The Balaban J connectivity index is 1.89. The fourth-order valence-corrected chi connectivity index (χ4v) is 2.03. The number of benzene rings is 1. The lowest BCUT2D eigenvalue weighted by Crippen LogP contribution is -2.26. The largest absolute Gasteiger partial charge is 0.383 e. The first-order valence-corrected chi connectivity index (χ1v) is 6.77. The van der Waals surface area contributed by atoms with Gasteiger partial charge in [0.1, 0.15) is 0 Å². The number of aryl methyl sites for hydroxylation is 2. The normalized spacial score (nSPS) is 10.6. The van der Waals surface area contributed by atoms with Gasteiger partial charge in [0, 0.05) is 37.7 Å². The summed E-state index contributed by atoms with van der Waals surface area (Å²) in [6, 6.07) is 8.26. The van der Waals surface area contributed by atoms with E-state index in [0.29, 0.717) is 6.54 Å². The van der Waals surface area contributed by atoms with Crippen LogP contribution in [0, 0.1) is 6.92 Å². The maximum Gasteiger partial charge on any atom is 0.328 e. The molecule has 0 aliphatic heterocycles. The van der Waals surface area contributed by atoms with Crippen LogP contribution in [-0.4, -0.2) is 15.7 Å². The quantitative estimate of drug-likeness (QED) is 0.865. The first kappa shape index (κ1) is 13.5. The van der Waals surface area contributed by atoms with Crippen LogP contribution in [-0.2, 0) is 13.1 Å². The van der Waals surface area contributed by atoms with E-state index >= 15 is 0 Å². The number of nitrogens with one attached hydrogen (secondary N) is 1. The zero-order chi connectivity index (χ0) is 13.7. The van der Waals surface area contributed by atoms with E-state index in [0.717, 1.165) is 25.2 Å². The first-order chi connectivity index (χ1) is 9.20. The van der Waals surface area contributed by atoms with E-state index < -0.39 is 0 Å². The SMILES string of the molecule is CCCn1ccn(CCNc2ccc(C)cc2)c1=O. The molecule has 4 nitrogen and oxygen atoms in total. The average molecular weight is 259 g/mol. The number of nitrogens with zero attached hydrogens (tertiary/aromatic N) is 2. The Morgan fingerprint density at radius 1 is 1.05 bits per heavy atom. The molecular formula is C15H21N3O. The van der Waals surface area contributed by atoms with E-state index in [2.05, 4.69) is 43.4 Å². The summed E-state index contributed by atoms with van der Waals surface area (Å²) >= 11 is 0. The minimum atomic E-state index is 0.0764. The van der Waals surface area contributed by atoms with Gasteiger partial charge in [-0.05, 0) is 25.5 Å². The topological polar surface area (TPSA) is 39.0 Å². The Morgan fingerprint density at radius 3 is 2.32 bits per heavy atom. The summed E-state index contributed by atoms with van der Waals surface area (Å²) in [6.45, 7) is 6.36. The lowest BCUT2D eigenvalue weighted by Gasteiger charge is -2.07. The summed E-state index contributed by atoms with van der Waals surface area (Å²) in [5.74, 6) is 0. The molecule has 0 saturated heterocycles. The van der Waals surface area contributed by atoms with Gasteiger partial charge in [0.15, 0.2) is 0 Å². The number of hydrogen-bond acceptors (Lipinski definition) is 2. The Bertz CT molecular complexity index is 566. The van der Waals surface area contributed by atoms with Crippen molar-refractivity contribution in [3.63, 3.8) is 0 Å². The van der Waals surface area contributed by atoms with Crippen LogP contribution in [0.2, 0.25) is 0 Å². The van der Waals surface area contributed by atoms with E-state index in [1.165, 1.54) is 5.56 Å². The molecule has 1 aromatic heterocycles. The molecule has 0 saturated carbocycles. The Hall–Kier alpha value is -1.97. The van der Waals surface area contributed by atoms with Crippen molar-refractivity contribution in [2.45, 2.75) is 33.4 Å². The molecule has 1 heterocycles. The monoisotopic (exact) mass is 259 g/mol. The van der Waals surface area contributed by atoms with Crippen LogP contribution in [0.5, 0.6) is 0 Å². The van der Waals surface area contributed by atoms with Crippen LogP contribution >= 0.6 is 0 Å². The molecule has 19 heavy (non-hydrogen) atoms. The first-order valence-electron chi connectivity index (χ1n) is 6.77. The van der Waals surface area contributed by atoms with Gasteiger partial charge in [0.25, 0.3) is 0 Å². The molecule has 1 aromatic carbocycles. The predicted molar refractivity (Wildman–Crippen MR) is 78.7 cm³/mol. The second-order valence-electron chi connectivity index (χ2n) is 4.76. The van der Waals surface area contributed by atoms with Gasteiger partial charge < -0.3 is 5.32 Å². The number of rotatable bonds is 6. The highest BCUT2D eigenvalue weighted by molar-refractivity contribution is 5.44. The van der Waals surface area contributed by atoms with Crippen LogP contribution in [0.4, 0.5) is 5.69 Å². The minimum absolute atomic E-state index is 0.0764. The third-order valence-corrected chi connectivity index (χ3v) is 3.12. The fourth-order valence-electron chi connectivity index (χ4n) is 2.03. The van der Waals surface area contributed by atoms with Crippen molar-refractivity contribution < 1.29 is 0 Å². The summed E-state index contributed by atoms with van der Waals surface area (Å²) in [5.41, 5.74) is 2.41. The molecule has 0 spiro atoms. The molecule has 1 N–H and O–H groups in total. The number of hydrogen-bond donors (Lipinski definition) is 1. The van der Waals surface area contributed by atoms with Crippen LogP contribution in [0.15, 0.2) is 41.5 Å². The zero-order valence-electron chi connectivity index (χ0n) is 11.6. The Morgan fingerprint density at radius 2 is 1.68 bits per heavy atom. The summed E-state index contributed by atoms with van der Waals surface area (Å²) in [6.07, 6.45) is 4.69. The summed E-state index contributed by atoms with van der Waals surface area (Å²) in [7, 11) is 0. The lowest BCUT2D eigenvalue weighted by molar-refractivity contribution is 0.610. The Kier molecular flexibility index (Phi) is 4.44. The predicted octanol–water partition coefficient (Wildman–Crippen LogP) is 2.48. The van der Waals surface area contributed by atoms with Gasteiger partial charge in [-0.1, -0.05) is 24.6 Å². The summed E-state index contributed by atoms with van der Waals surface area (Å²) in [4.78, 5) is 11.9. The standard InChI is InChI=1S/C15H21N3O/c1-3-9-17-11-12-18(15(17)19)10-8-16-14-6-4-13(2)5-7-14/h4-7,11-12,16H,3,8-10H2,1-2H3. The second-order valence-corrected chi connectivity index (χ2v) is 4.76. The molecule has 4 heteroatoms. The van der Waals surface area contributed by atoms with E-state index in [4.69, 9.17) is 0 Å². The van der Waals surface area contributed by atoms with Gasteiger partial charge >= 0.3 is 5.69 Å². The van der Waals surface area contributed by atoms with E-state index in [1.54, 1.807) is 9.13 Å². The zero-order valence-corrected chi connectivity index (χ0v) is 11.6. The number of imidazole rings is 1. The smallest absolute Gasteiger partial charge is 0.328 e. The molecular weight excluding hydrogens is 238 g/mol. The molecule has 102 valence electrons. The van der Waals surface area contributed by atoms with Gasteiger partial charge in [-0.15, -0.1) is 0 Å². The fraction of sp³-hybridized carbons (Fsp3) is 0.400. The number of anilines is 1. The molecule has 0 bridgehead atoms. The highest BCUT2D eigenvalue weighted by Crippen LogP contribution is 2.07. The molecule has 0 aliphatic rings. The molecule has 0 amide bonds. The van der Waals surface area contributed by atoms with Crippen molar-refractivity contribution >= 4 is 5.69 Å². The van der Waals surface area contributed by atoms with Crippen LogP contribution in [0.3, 0.4) is 0 Å². The van der Waals surface area contributed by atoms with E-state index in [1.807, 2.05) is 12.4 Å². The summed E-state index contributed by atoms with van der Waals surface area (Å²) in [5, 5.41) is 3.32. The maximum absolute atomic E-state index is 11.9. The van der Waals surface area contributed by atoms with E-state index in [9.17, 15) is 4.79 Å². The van der Waals surface area contributed by atoms with Crippen LogP contribution in [0.25, 0.3) is 0 Å².